The normalized spacial score (nSPS) is 10.4. The molecule has 5 nitrogen and oxygen atoms in total. The number of anilines is 1. The Morgan fingerprint density at radius 2 is 1.96 bits per heavy atom. The summed E-state index contributed by atoms with van der Waals surface area (Å²) in [6, 6.07) is 7.42. The van der Waals surface area contributed by atoms with E-state index in [0.29, 0.717) is 23.1 Å². The third kappa shape index (κ3) is 4.93. The molecule has 0 bridgehead atoms. The first-order chi connectivity index (χ1) is 11.1. The molecule has 0 saturated heterocycles. The van der Waals surface area contributed by atoms with Crippen molar-refractivity contribution in [2.75, 3.05) is 18.5 Å². The molecular formula is C17H21ClN4O. The smallest absolute Gasteiger partial charge is 0.254 e. The number of unbranched alkanes of at least 4 members (excludes halogenated alkanes) is 1. The van der Waals surface area contributed by atoms with Crippen LogP contribution < -0.4 is 10.2 Å². The molecule has 1 aromatic heterocycles. The lowest BCUT2D eigenvalue weighted by Gasteiger charge is -2.16. The predicted molar refractivity (Wildman–Crippen MR) is 92.8 cm³/mol. The summed E-state index contributed by atoms with van der Waals surface area (Å²) in [4.78, 5) is 22.6. The van der Waals surface area contributed by atoms with E-state index in [1.807, 2.05) is 30.1 Å². The minimum Gasteiger partial charge on any atom is -0.348 e. The van der Waals surface area contributed by atoms with Gasteiger partial charge in [0.1, 0.15) is 0 Å². The van der Waals surface area contributed by atoms with Crippen molar-refractivity contribution in [3.8, 4) is 0 Å². The Kier molecular flexibility index (Phi) is 6.35. The maximum atomic E-state index is 12.1. The topological polar surface area (TPSA) is 58.1 Å². The van der Waals surface area contributed by atoms with Crippen molar-refractivity contribution in [1.82, 2.24) is 15.3 Å². The maximum absolute atomic E-state index is 12.1. The van der Waals surface area contributed by atoms with E-state index in [1.54, 1.807) is 18.5 Å². The Labute approximate surface area is 141 Å². The number of hydrogen-bond donors (Lipinski definition) is 1. The van der Waals surface area contributed by atoms with Gasteiger partial charge in [0.05, 0.1) is 5.56 Å². The Hall–Kier alpha value is -2.14. The van der Waals surface area contributed by atoms with Crippen LogP contribution in [-0.4, -0.2) is 29.5 Å². The molecule has 0 radical (unpaired) electrons. The first-order valence-corrected chi connectivity index (χ1v) is 8.04. The molecule has 0 aliphatic rings. The summed E-state index contributed by atoms with van der Waals surface area (Å²) in [6.07, 6.45) is 5.30. The van der Waals surface area contributed by atoms with Gasteiger partial charge in [0.15, 0.2) is 0 Å². The molecular weight excluding hydrogens is 312 g/mol. The number of hydrogen-bond acceptors (Lipinski definition) is 4. The molecule has 1 heterocycles. The predicted octanol–water partition coefficient (Wildman–Crippen LogP) is 3.30. The van der Waals surface area contributed by atoms with Gasteiger partial charge in [-0.2, -0.15) is 0 Å². The van der Waals surface area contributed by atoms with Crippen LogP contribution in [0.5, 0.6) is 0 Å². The van der Waals surface area contributed by atoms with Crippen LogP contribution in [-0.2, 0) is 6.54 Å². The second-order valence-electron chi connectivity index (χ2n) is 5.32. The van der Waals surface area contributed by atoms with E-state index in [9.17, 15) is 4.79 Å². The lowest BCUT2D eigenvalue weighted by molar-refractivity contribution is 0.0950. The van der Waals surface area contributed by atoms with Crippen molar-refractivity contribution in [2.45, 2.75) is 26.3 Å². The monoisotopic (exact) mass is 332 g/mol. The van der Waals surface area contributed by atoms with Crippen LogP contribution in [0.1, 0.15) is 35.7 Å². The van der Waals surface area contributed by atoms with E-state index >= 15 is 0 Å². The van der Waals surface area contributed by atoms with E-state index in [-0.39, 0.29) is 5.91 Å². The quantitative estimate of drug-likeness (QED) is 0.845. The lowest BCUT2D eigenvalue weighted by Crippen LogP contribution is -2.24. The molecule has 2 rings (SSSR count). The molecule has 0 spiro atoms. The van der Waals surface area contributed by atoms with Crippen molar-refractivity contribution in [1.29, 1.82) is 0 Å². The van der Waals surface area contributed by atoms with E-state index in [0.717, 1.165) is 24.9 Å². The summed E-state index contributed by atoms with van der Waals surface area (Å²) in [5, 5.41) is 3.46. The number of halogens is 1. The number of carbonyl (C=O) groups excluding carboxylic acids is 1. The summed E-state index contributed by atoms with van der Waals surface area (Å²) < 4.78 is 0. The number of nitrogens with one attached hydrogen (secondary N) is 1. The fourth-order valence-corrected chi connectivity index (χ4v) is 2.25. The molecule has 0 fully saturated rings. The highest BCUT2D eigenvalue weighted by Gasteiger charge is 2.09. The Bertz CT molecular complexity index is 645. The zero-order chi connectivity index (χ0) is 16.7. The molecule has 0 atom stereocenters. The Morgan fingerprint density at radius 1 is 1.26 bits per heavy atom. The van der Waals surface area contributed by atoms with Gasteiger partial charge < -0.3 is 10.2 Å². The zero-order valence-corrected chi connectivity index (χ0v) is 14.2. The van der Waals surface area contributed by atoms with Gasteiger partial charge in [0.2, 0.25) is 5.95 Å². The molecule has 0 unspecified atom stereocenters. The molecule has 122 valence electrons. The first kappa shape index (κ1) is 17.2. The van der Waals surface area contributed by atoms with Crippen molar-refractivity contribution >= 4 is 23.5 Å². The van der Waals surface area contributed by atoms with Crippen LogP contribution in [0.15, 0.2) is 36.7 Å². The average molecular weight is 333 g/mol. The van der Waals surface area contributed by atoms with Crippen LogP contribution in [0, 0.1) is 0 Å². The van der Waals surface area contributed by atoms with Gasteiger partial charge in [-0.1, -0.05) is 43.1 Å². The SMILES string of the molecule is CCCCN(C)c1ncc(C(=O)NCc2ccccc2Cl)cn1. The van der Waals surface area contributed by atoms with E-state index in [4.69, 9.17) is 11.6 Å². The van der Waals surface area contributed by atoms with Crippen LogP contribution in [0.2, 0.25) is 5.02 Å². The molecule has 6 heteroatoms. The third-order valence-corrected chi connectivity index (χ3v) is 3.85. The van der Waals surface area contributed by atoms with Crippen molar-refractivity contribution < 1.29 is 4.79 Å². The second-order valence-corrected chi connectivity index (χ2v) is 5.73. The largest absolute Gasteiger partial charge is 0.348 e. The van der Waals surface area contributed by atoms with E-state index < -0.39 is 0 Å². The molecule has 23 heavy (non-hydrogen) atoms. The van der Waals surface area contributed by atoms with E-state index in [2.05, 4.69) is 22.2 Å². The number of rotatable bonds is 7. The molecule has 1 aromatic carbocycles. The fraction of sp³-hybridized carbons (Fsp3) is 0.353. The van der Waals surface area contributed by atoms with Crippen molar-refractivity contribution in [3.63, 3.8) is 0 Å². The highest BCUT2D eigenvalue weighted by molar-refractivity contribution is 6.31. The minimum atomic E-state index is -0.215. The van der Waals surface area contributed by atoms with Crippen molar-refractivity contribution in [2.24, 2.45) is 0 Å². The summed E-state index contributed by atoms with van der Waals surface area (Å²) in [7, 11) is 1.95. The Balaban J connectivity index is 1.94. The maximum Gasteiger partial charge on any atom is 0.254 e. The number of aromatic nitrogens is 2. The van der Waals surface area contributed by atoms with Gasteiger partial charge in [0.25, 0.3) is 5.91 Å². The molecule has 2 aromatic rings. The molecule has 0 saturated carbocycles. The van der Waals surface area contributed by atoms with Crippen LogP contribution in [0.25, 0.3) is 0 Å². The summed E-state index contributed by atoms with van der Waals surface area (Å²) >= 11 is 6.07. The Morgan fingerprint density at radius 3 is 2.61 bits per heavy atom. The van der Waals surface area contributed by atoms with Gasteiger partial charge >= 0.3 is 0 Å². The number of amides is 1. The van der Waals surface area contributed by atoms with E-state index in [1.165, 1.54) is 0 Å². The van der Waals surface area contributed by atoms with Gasteiger partial charge in [0, 0.05) is 37.6 Å². The molecule has 1 amide bonds. The standard InChI is InChI=1S/C17H21ClN4O/c1-3-4-9-22(2)17-20-11-14(12-21-17)16(23)19-10-13-7-5-6-8-15(13)18/h5-8,11-12H,3-4,9-10H2,1-2H3,(H,19,23). The molecule has 1 N–H and O–H groups in total. The summed E-state index contributed by atoms with van der Waals surface area (Å²) in [5.74, 6) is 0.411. The second kappa shape index (κ2) is 8.48. The van der Waals surface area contributed by atoms with Crippen molar-refractivity contribution in [3.05, 3.63) is 52.8 Å². The zero-order valence-electron chi connectivity index (χ0n) is 13.4. The van der Waals surface area contributed by atoms with Crippen LogP contribution >= 0.6 is 11.6 Å². The average Bonchev–Trinajstić information content (AvgIpc) is 2.59. The molecule has 0 aliphatic heterocycles. The number of carbonyl (C=O) groups is 1. The van der Waals surface area contributed by atoms with Gasteiger partial charge in [-0.05, 0) is 18.1 Å². The molecule has 0 aliphatic carbocycles. The fourth-order valence-electron chi connectivity index (χ4n) is 2.05. The van der Waals surface area contributed by atoms with Gasteiger partial charge in [-0.3, -0.25) is 4.79 Å². The van der Waals surface area contributed by atoms with Gasteiger partial charge in [-0.25, -0.2) is 9.97 Å². The third-order valence-electron chi connectivity index (χ3n) is 3.49. The summed E-state index contributed by atoms with van der Waals surface area (Å²) in [6.45, 7) is 3.41. The highest BCUT2D eigenvalue weighted by Crippen LogP contribution is 2.14. The van der Waals surface area contributed by atoms with Gasteiger partial charge in [-0.15, -0.1) is 0 Å². The lowest BCUT2D eigenvalue weighted by atomic mass is 10.2. The minimum absolute atomic E-state index is 0.215. The number of nitrogens with zero attached hydrogens (tertiary/aromatic N) is 3. The first-order valence-electron chi connectivity index (χ1n) is 7.66. The number of benzene rings is 1. The highest BCUT2D eigenvalue weighted by atomic mass is 35.5. The van der Waals surface area contributed by atoms with Crippen LogP contribution in [0.4, 0.5) is 5.95 Å². The summed E-state index contributed by atoms with van der Waals surface area (Å²) in [5.41, 5.74) is 1.31. The van der Waals surface area contributed by atoms with Crippen LogP contribution in [0.3, 0.4) is 0 Å².